The first-order valence-corrected chi connectivity index (χ1v) is 8.69. The third-order valence-corrected chi connectivity index (χ3v) is 4.66. The number of amides is 2. The van der Waals surface area contributed by atoms with Crippen LogP contribution in [-0.2, 0) is 6.42 Å². The van der Waals surface area contributed by atoms with E-state index < -0.39 is 0 Å². The van der Waals surface area contributed by atoms with Crippen molar-refractivity contribution in [2.75, 3.05) is 4.90 Å². The number of benzene rings is 1. The molecule has 2 amide bonds. The molecule has 0 fully saturated rings. The summed E-state index contributed by atoms with van der Waals surface area (Å²) in [4.78, 5) is 31.2. The molecular weight excluding hydrogens is 314 g/mol. The Kier molecular flexibility index (Phi) is 4.83. The van der Waals surface area contributed by atoms with Crippen LogP contribution in [0.15, 0.2) is 42.6 Å². The molecule has 5 nitrogen and oxygen atoms in total. The topological polar surface area (TPSA) is 62.3 Å². The van der Waals surface area contributed by atoms with Crippen LogP contribution in [0, 0.1) is 0 Å². The van der Waals surface area contributed by atoms with Gasteiger partial charge in [-0.25, -0.2) is 0 Å². The fraction of sp³-hybridized carbons (Fsp3) is 0.350. The first kappa shape index (κ1) is 17.1. The molecule has 2 atom stereocenters. The van der Waals surface area contributed by atoms with E-state index in [1.807, 2.05) is 39.0 Å². The lowest BCUT2D eigenvalue weighted by atomic mass is 10.1. The molecule has 0 aliphatic carbocycles. The smallest absolute Gasteiger partial charge is 0.270 e. The minimum absolute atomic E-state index is 0.0686. The Labute approximate surface area is 148 Å². The predicted molar refractivity (Wildman–Crippen MR) is 97.9 cm³/mol. The molecule has 5 heteroatoms. The Balaban J connectivity index is 1.86. The van der Waals surface area contributed by atoms with Gasteiger partial charge in [-0.2, -0.15) is 0 Å². The highest BCUT2D eigenvalue weighted by atomic mass is 16.2. The van der Waals surface area contributed by atoms with Gasteiger partial charge >= 0.3 is 0 Å². The van der Waals surface area contributed by atoms with E-state index in [9.17, 15) is 9.59 Å². The first-order chi connectivity index (χ1) is 12.0. The Bertz CT molecular complexity index is 803. The largest absolute Gasteiger partial charge is 0.348 e. The standard InChI is InChI=1S/C20H23N3O2/c1-4-13(2)22-19(24)17-12-16(9-10-21-17)20(25)23-14(3)11-15-7-5-6-8-18(15)23/h5-10,12-14H,4,11H2,1-3H3,(H,22,24). The Morgan fingerprint density at radius 2 is 2.08 bits per heavy atom. The molecule has 25 heavy (non-hydrogen) atoms. The van der Waals surface area contributed by atoms with Crippen LogP contribution < -0.4 is 10.2 Å². The maximum absolute atomic E-state index is 13.0. The minimum atomic E-state index is -0.251. The van der Waals surface area contributed by atoms with Crippen molar-refractivity contribution in [2.24, 2.45) is 0 Å². The molecule has 130 valence electrons. The van der Waals surface area contributed by atoms with Gasteiger partial charge in [-0.05, 0) is 50.5 Å². The van der Waals surface area contributed by atoms with Crippen LogP contribution in [0.4, 0.5) is 5.69 Å². The van der Waals surface area contributed by atoms with Crippen LogP contribution in [-0.4, -0.2) is 28.9 Å². The van der Waals surface area contributed by atoms with E-state index in [1.165, 1.54) is 11.8 Å². The molecule has 0 saturated heterocycles. The zero-order chi connectivity index (χ0) is 18.0. The van der Waals surface area contributed by atoms with Gasteiger partial charge in [0.25, 0.3) is 11.8 Å². The Morgan fingerprint density at radius 3 is 2.84 bits per heavy atom. The highest BCUT2D eigenvalue weighted by molar-refractivity contribution is 6.08. The number of nitrogens with one attached hydrogen (secondary N) is 1. The van der Waals surface area contributed by atoms with Crippen LogP contribution in [0.2, 0.25) is 0 Å². The third kappa shape index (κ3) is 3.40. The average Bonchev–Trinajstić information content (AvgIpc) is 2.96. The maximum Gasteiger partial charge on any atom is 0.270 e. The van der Waals surface area contributed by atoms with Crippen molar-refractivity contribution in [1.29, 1.82) is 0 Å². The number of hydrogen-bond acceptors (Lipinski definition) is 3. The van der Waals surface area contributed by atoms with E-state index in [0.717, 1.165) is 18.5 Å². The fourth-order valence-electron chi connectivity index (χ4n) is 3.10. The molecule has 1 aromatic heterocycles. The zero-order valence-electron chi connectivity index (χ0n) is 14.8. The van der Waals surface area contributed by atoms with Gasteiger partial charge in [0, 0.05) is 29.5 Å². The Morgan fingerprint density at radius 1 is 1.32 bits per heavy atom. The van der Waals surface area contributed by atoms with Crippen molar-refractivity contribution in [3.05, 3.63) is 59.4 Å². The summed E-state index contributed by atoms with van der Waals surface area (Å²) in [6, 6.07) is 11.3. The SMILES string of the molecule is CCC(C)NC(=O)c1cc(C(=O)N2c3ccccc3CC2C)ccn1. The lowest BCUT2D eigenvalue weighted by Crippen LogP contribution is -2.36. The second-order valence-corrected chi connectivity index (χ2v) is 6.57. The highest BCUT2D eigenvalue weighted by Gasteiger charge is 2.31. The van der Waals surface area contributed by atoms with Crippen molar-refractivity contribution >= 4 is 17.5 Å². The first-order valence-electron chi connectivity index (χ1n) is 8.69. The maximum atomic E-state index is 13.0. The summed E-state index contributed by atoms with van der Waals surface area (Å²) in [5.41, 5.74) is 2.87. The lowest BCUT2D eigenvalue weighted by molar-refractivity contribution is 0.0934. The molecule has 2 aromatic rings. The van der Waals surface area contributed by atoms with Crippen molar-refractivity contribution in [3.63, 3.8) is 0 Å². The number of fused-ring (bicyclic) bond motifs is 1. The van der Waals surface area contributed by atoms with Crippen LogP contribution in [0.25, 0.3) is 0 Å². The van der Waals surface area contributed by atoms with E-state index in [0.29, 0.717) is 5.56 Å². The molecule has 1 aromatic carbocycles. The second kappa shape index (κ2) is 7.05. The molecule has 1 aliphatic heterocycles. The van der Waals surface area contributed by atoms with Gasteiger partial charge < -0.3 is 10.2 Å². The van der Waals surface area contributed by atoms with E-state index in [1.54, 1.807) is 17.0 Å². The van der Waals surface area contributed by atoms with Gasteiger partial charge in [0.05, 0.1) is 0 Å². The van der Waals surface area contributed by atoms with Gasteiger partial charge in [-0.3, -0.25) is 14.6 Å². The second-order valence-electron chi connectivity index (χ2n) is 6.57. The van der Waals surface area contributed by atoms with E-state index in [4.69, 9.17) is 0 Å². The number of nitrogens with zero attached hydrogens (tertiary/aromatic N) is 2. The molecule has 1 N–H and O–H groups in total. The van der Waals surface area contributed by atoms with Gasteiger partial charge in [-0.15, -0.1) is 0 Å². The van der Waals surface area contributed by atoms with Crippen LogP contribution in [0.5, 0.6) is 0 Å². The molecule has 0 radical (unpaired) electrons. The molecule has 0 spiro atoms. The van der Waals surface area contributed by atoms with Crippen molar-refractivity contribution < 1.29 is 9.59 Å². The number of hydrogen-bond donors (Lipinski definition) is 1. The third-order valence-electron chi connectivity index (χ3n) is 4.66. The number of carbonyl (C=O) groups is 2. The lowest BCUT2D eigenvalue weighted by Gasteiger charge is -2.23. The average molecular weight is 337 g/mol. The normalized spacial score (nSPS) is 17.1. The summed E-state index contributed by atoms with van der Waals surface area (Å²) in [5, 5.41) is 2.88. The van der Waals surface area contributed by atoms with Gasteiger partial charge in [0.1, 0.15) is 5.69 Å². The molecule has 3 rings (SSSR count). The quantitative estimate of drug-likeness (QED) is 0.932. The van der Waals surface area contributed by atoms with Gasteiger partial charge in [0.2, 0.25) is 0 Å². The summed E-state index contributed by atoms with van der Waals surface area (Å²) in [7, 11) is 0. The summed E-state index contributed by atoms with van der Waals surface area (Å²) >= 11 is 0. The predicted octanol–water partition coefficient (Wildman–Crippen LogP) is 3.20. The van der Waals surface area contributed by atoms with Crippen molar-refractivity contribution in [2.45, 2.75) is 45.7 Å². The monoisotopic (exact) mass is 337 g/mol. The highest BCUT2D eigenvalue weighted by Crippen LogP contribution is 2.33. The van der Waals surface area contributed by atoms with E-state index in [-0.39, 0.29) is 29.6 Å². The van der Waals surface area contributed by atoms with E-state index in [2.05, 4.69) is 16.4 Å². The number of anilines is 1. The summed E-state index contributed by atoms with van der Waals surface area (Å²) in [6.07, 6.45) is 3.20. The minimum Gasteiger partial charge on any atom is -0.348 e. The number of carbonyl (C=O) groups excluding carboxylic acids is 2. The summed E-state index contributed by atoms with van der Waals surface area (Å²) in [5.74, 6) is -0.351. The fourth-order valence-corrected chi connectivity index (χ4v) is 3.10. The van der Waals surface area contributed by atoms with Crippen molar-refractivity contribution in [1.82, 2.24) is 10.3 Å². The molecule has 0 saturated carbocycles. The Hall–Kier alpha value is -2.69. The summed E-state index contributed by atoms with van der Waals surface area (Å²) in [6.45, 7) is 5.98. The molecule has 0 bridgehead atoms. The van der Waals surface area contributed by atoms with Crippen LogP contribution in [0.3, 0.4) is 0 Å². The zero-order valence-corrected chi connectivity index (χ0v) is 14.8. The van der Waals surface area contributed by atoms with Gasteiger partial charge in [0.15, 0.2) is 0 Å². The number of para-hydroxylation sites is 1. The summed E-state index contributed by atoms with van der Waals surface area (Å²) < 4.78 is 0. The van der Waals surface area contributed by atoms with Crippen LogP contribution in [0.1, 0.15) is 53.6 Å². The van der Waals surface area contributed by atoms with Crippen molar-refractivity contribution in [3.8, 4) is 0 Å². The molecular formula is C20H23N3O2. The van der Waals surface area contributed by atoms with Gasteiger partial charge in [-0.1, -0.05) is 25.1 Å². The van der Waals surface area contributed by atoms with E-state index >= 15 is 0 Å². The molecule has 2 unspecified atom stereocenters. The number of rotatable bonds is 4. The van der Waals surface area contributed by atoms with Crippen LogP contribution >= 0.6 is 0 Å². The number of pyridine rings is 1. The number of aromatic nitrogens is 1. The molecule has 1 aliphatic rings. The molecule has 2 heterocycles.